The standard InChI is InChI=1S/C26H36ClN3O5S/c1-8-21(25(32)28-26(3,4)5)29(16-19-10-12-20(27)13-11-19)24(31)17-30(36(7,33)34)22-15-18(2)9-14-23(22)35-6/h9-15,21H,8,16-17H2,1-7H3,(H,28,32)/t21-/m0/s1. The van der Waals surface area contributed by atoms with Crippen molar-refractivity contribution in [2.75, 3.05) is 24.2 Å². The monoisotopic (exact) mass is 537 g/mol. The predicted octanol–water partition coefficient (Wildman–Crippen LogP) is 4.15. The van der Waals surface area contributed by atoms with Crippen LogP contribution in [0.15, 0.2) is 42.5 Å². The molecule has 1 atom stereocenters. The van der Waals surface area contributed by atoms with Crippen LogP contribution in [0, 0.1) is 6.92 Å². The summed E-state index contributed by atoms with van der Waals surface area (Å²) in [6.45, 7) is 8.82. The van der Waals surface area contributed by atoms with Gasteiger partial charge in [-0.2, -0.15) is 0 Å². The van der Waals surface area contributed by atoms with Crippen LogP contribution < -0.4 is 14.4 Å². The molecule has 2 aromatic carbocycles. The first-order chi connectivity index (χ1) is 16.7. The largest absolute Gasteiger partial charge is 0.495 e. The lowest BCUT2D eigenvalue weighted by Crippen LogP contribution is -2.55. The normalized spacial score (nSPS) is 12.6. The summed E-state index contributed by atoms with van der Waals surface area (Å²) in [6, 6.07) is 11.2. The van der Waals surface area contributed by atoms with E-state index in [0.717, 1.165) is 21.7 Å². The summed E-state index contributed by atoms with van der Waals surface area (Å²) in [7, 11) is -2.43. The molecule has 1 N–H and O–H groups in total. The van der Waals surface area contributed by atoms with Gasteiger partial charge in [-0.3, -0.25) is 13.9 Å². The molecule has 0 spiro atoms. The van der Waals surface area contributed by atoms with E-state index in [2.05, 4.69) is 5.32 Å². The number of hydrogen-bond acceptors (Lipinski definition) is 5. The van der Waals surface area contributed by atoms with Crippen molar-refractivity contribution < 1.29 is 22.7 Å². The number of benzene rings is 2. The number of nitrogens with one attached hydrogen (secondary N) is 1. The predicted molar refractivity (Wildman–Crippen MR) is 144 cm³/mol. The van der Waals surface area contributed by atoms with Crippen molar-refractivity contribution in [1.29, 1.82) is 0 Å². The van der Waals surface area contributed by atoms with Gasteiger partial charge in [-0.05, 0) is 69.5 Å². The zero-order valence-electron chi connectivity index (χ0n) is 22.0. The van der Waals surface area contributed by atoms with Crippen molar-refractivity contribution in [3.63, 3.8) is 0 Å². The Morgan fingerprint density at radius 1 is 1.11 bits per heavy atom. The maximum absolute atomic E-state index is 13.8. The number of anilines is 1. The average molecular weight is 538 g/mol. The molecule has 2 rings (SSSR count). The summed E-state index contributed by atoms with van der Waals surface area (Å²) in [5.41, 5.74) is 1.31. The molecule has 0 radical (unpaired) electrons. The number of aryl methyl sites for hydroxylation is 1. The molecule has 2 aromatic rings. The lowest BCUT2D eigenvalue weighted by Gasteiger charge is -2.34. The van der Waals surface area contributed by atoms with Gasteiger partial charge in [0.05, 0.1) is 19.1 Å². The highest BCUT2D eigenvalue weighted by Gasteiger charge is 2.33. The van der Waals surface area contributed by atoms with Crippen molar-refractivity contribution in [3.8, 4) is 5.75 Å². The number of halogens is 1. The highest BCUT2D eigenvalue weighted by molar-refractivity contribution is 7.92. The second kappa shape index (κ2) is 12.0. The number of carbonyl (C=O) groups excluding carboxylic acids is 2. The third kappa shape index (κ3) is 8.13. The van der Waals surface area contributed by atoms with E-state index in [1.807, 2.05) is 34.6 Å². The maximum atomic E-state index is 13.8. The zero-order chi connectivity index (χ0) is 27.3. The number of rotatable bonds is 10. The second-order valence-electron chi connectivity index (χ2n) is 9.76. The van der Waals surface area contributed by atoms with Crippen LogP contribution in [0.25, 0.3) is 0 Å². The van der Waals surface area contributed by atoms with E-state index in [-0.39, 0.29) is 18.1 Å². The van der Waals surface area contributed by atoms with Crippen LogP contribution in [0.2, 0.25) is 5.02 Å². The van der Waals surface area contributed by atoms with Crippen LogP contribution >= 0.6 is 11.6 Å². The van der Waals surface area contributed by atoms with Gasteiger partial charge in [0.1, 0.15) is 18.3 Å². The van der Waals surface area contributed by atoms with E-state index >= 15 is 0 Å². The molecular formula is C26H36ClN3O5S. The molecule has 0 heterocycles. The van der Waals surface area contributed by atoms with Gasteiger partial charge in [-0.25, -0.2) is 8.42 Å². The van der Waals surface area contributed by atoms with Gasteiger partial charge in [-0.1, -0.05) is 36.7 Å². The molecule has 0 aliphatic rings. The van der Waals surface area contributed by atoms with Crippen LogP contribution in [0.5, 0.6) is 5.75 Å². The Bertz CT molecular complexity index is 1180. The van der Waals surface area contributed by atoms with Crippen molar-refractivity contribution in [2.45, 2.75) is 59.2 Å². The molecule has 2 amide bonds. The summed E-state index contributed by atoms with van der Waals surface area (Å²) in [6.07, 6.45) is 1.38. The number of amides is 2. The van der Waals surface area contributed by atoms with Gasteiger partial charge >= 0.3 is 0 Å². The van der Waals surface area contributed by atoms with Crippen LogP contribution in [0.1, 0.15) is 45.2 Å². The smallest absolute Gasteiger partial charge is 0.244 e. The Morgan fingerprint density at radius 2 is 1.72 bits per heavy atom. The molecule has 10 heteroatoms. The van der Waals surface area contributed by atoms with E-state index in [1.165, 1.54) is 12.0 Å². The van der Waals surface area contributed by atoms with Crippen LogP contribution in [-0.2, 0) is 26.2 Å². The molecule has 0 unspecified atom stereocenters. The van der Waals surface area contributed by atoms with Crippen LogP contribution in [0.4, 0.5) is 5.69 Å². The van der Waals surface area contributed by atoms with Gasteiger partial charge < -0.3 is 15.0 Å². The molecule has 0 saturated heterocycles. The van der Waals surface area contributed by atoms with Gasteiger partial charge in [0.25, 0.3) is 0 Å². The molecule has 198 valence electrons. The van der Waals surface area contributed by atoms with Gasteiger partial charge in [0, 0.05) is 17.1 Å². The van der Waals surface area contributed by atoms with Gasteiger partial charge in [-0.15, -0.1) is 0 Å². The zero-order valence-corrected chi connectivity index (χ0v) is 23.5. The molecule has 0 aliphatic carbocycles. The molecule has 0 aliphatic heterocycles. The Labute approximate surface area is 219 Å². The molecular weight excluding hydrogens is 502 g/mol. The summed E-state index contributed by atoms with van der Waals surface area (Å²) in [5.74, 6) is -0.512. The minimum Gasteiger partial charge on any atom is -0.495 e. The number of hydrogen-bond donors (Lipinski definition) is 1. The third-order valence-corrected chi connectivity index (χ3v) is 6.81. The Morgan fingerprint density at radius 3 is 2.22 bits per heavy atom. The highest BCUT2D eigenvalue weighted by atomic mass is 35.5. The fourth-order valence-corrected chi connectivity index (χ4v) is 4.72. The van der Waals surface area contributed by atoms with Crippen LogP contribution in [-0.4, -0.2) is 56.6 Å². The SMILES string of the molecule is CC[C@@H](C(=O)NC(C)(C)C)N(Cc1ccc(Cl)cc1)C(=O)CN(c1cc(C)ccc1OC)S(C)(=O)=O. The number of nitrogens with zero attached hydrogens (tertiary/aromatic N) is 2. The third-order valence-electron chi connectivity index (χ3n) is 5.43. The molecule has 36 heavy (non-hydrogen) atoms. The first-order valence-corrected chi connectivity index (χ1v) is 13.9. The van der Waals surface area contributed by atoms with E-state index in [9.17, 15) is 18.0 Å². The Hall–Kier alpha value is -2.78. The average Bonchev–Trinajstić information content (AvgIpc) is 2.76. The molecule has 0 fully saturated rings. The second-order valence-corrected chi connectivity index (χ2v) is 12.1. The number of ether oxygens (including phenoxy) is 1. The fourth-order valence-electron chi connectivity index (χ4n) is 3.75. The molecule has 0 aromatic heterocycles. The summed E-state index contributed by atoms with van der Waals surface area (Å²) in [5, 5.41) is 3.48. The molecule has 8 nitrogen and oxygen atoms in total. The van der Waals surface area contributed by atoms with Crippen molar-refractivity contribution in [1.82, 2.24) is 10.2 Å². The summed E-state index contributed by atoms with van der Waals surface area (Å²) < 4.78 is 32.1. The fraction of sp³-hybridized carbons (Fsp3) is 0.462. The number of methoxy groups -OCH3 is 1. The van der Waals surface area contributed by atoms with Crippen molar-refractivity contribution in [2.24, 2.45) is 0 Å². The van der Waals surface area contributed by atoms with E-state index in [0.29, 0.717) is 17.2 Å². The van der Waals surface area contributed by atoms with Crippen molar-refractivity contribution >= 4 is 39.1 Å². The summed E-state index contributed by atoms with van der Waals surface area (Å²) >= 11 is 6.02. The van der Waals surface area contributed by atoms with Crippen LogP contribution in [0.3, 0.4) is 0 Å². The topological polar surface area (TPSA) is 96.0 Å². The minimum atomic E-state index is -3.87. The first-order valence-electron chi connectivity index (χ1n) is 11.6. The lowest BCUT2D eigenvalue weighted by atomic mass is 10.1. The van der Waals surface area contributed by atoms with Gasteiger partial charge in [0.15, 0.2) is 0 Å². The number of carbonyl (C=O) groups is 2. The lowest BCUT2D eigenvalue weighted by molar-refractivity contribution is -0.141. The van der Waals surface area contributed by atoms with Crippen molar-refractivity contribution in [3.05, 3.63) is 58.6 Å². The van der Waals surface area contributed by atoms with E-state index < -0.39 is 34.1 Å². The van der Waals surface area contributed by atoms with E-state index in [1.54, 1.807) is 42.5 Å². The van der Waals surface area contributed by atoms with E-state index in [4.69, 9.17) is 16.3 Å². The quantitative estimate of drug-likeness (QED) is 0.491. The maximum Gasteiger partial charge on any atom is 0.244 e. The molecule has 0 saturated carbocycles. The first kappa shape index (κ1) is 29.5. The highest BCUT2D eigenvalue weighted by Crippen LogP contribution is 2.31. The summed E-state index contributed by atoms with van der Waals surface area (Å²) in [4.78, 5) is 28.4. The van der Waals surface area contributed by atoms with Gasteiger partial charge in [0.2, 0.25) is 21.8 Å². The number of sulfonamides is 1. The Kier molecular flexibility index (Phi) is 9.79. The minimum absolute atomic E-state index is 0.106. The molecule has 0 bridgehead atoms. The Balaban J connectivity index is 2.52.